The van der Waals surface area contributed by atoms with Gasteiger partial charge in [-0.15, -0.1) is 0 Å². The van der Waals surface area contributed by atoms with Crippen molar-refractivity contribution in [2.75, 3.05) is 6.61 Å². The first-order valence-corrected chi connectivity index (χ1v) is 11.0. The highest BCUT2D eigenvalue weighted by Gasteiger charge is 2.52. The molecule has 0 bridgehead atoms. The third-order valence-electron chi connectivity index (χ3n) is 4.63. The van der Waals surface area contributed by atoms with E-state index in [9.17, 15) is 24.0 Å². The molecule has 1 aromatic carbocycles. The molecule has 1 saturated heterocycles. The lowest BCUT2D eigenvalue weighted by atomic mass is 9.96. The standard InChI is InChI=1S/C21H23NO11S/c1-9(23)22-17-19(30-12(4)26)18(29-11(3)25)15(8-28-10(2)24)32-20(17)31-13-5-6-14-16(7-13)34-21(27)33-14/h5-7,15,17-20H,8H2,1-4H3,(H,22,23)/t15-,17+,18-,19-,20-/m1/s1. The molecule has 2 aromatic rings. The second-order valence-electron chi connectivity index (χ2n) is 7.40. The number of benzene rings is 1. The number of rotatable bonds is 7. The van der Waals surface area contributed by atoms with Gasteiger partial charge in [0.2, 0.25) is 12.2 Å². The number of hydrogen-bond donors (Lipinski definition) is 1. The van der Waals surface area contributed by atoms with Crippen LogP contribution in [0.4, 0.5) is 0 Å². The molecule has 0 aliphatic carbocycles. The smallest absolute Gasteiger partial charge is 0.396 e. The van der Waals surface area contributed by atoms with Crippen molar-refractivity contribution >= 4 is 45.4 Å². The number of carbonyl (C=O) groups excluding carboxylic acids is 4. The van der Waals surface area contributed by atoms with Gasteiger partial charge in [-0.05, 0) is 12.1 Å². The Bertz CT molecular complexity index is 1140. The minimum absolute atomic E-state index is 0.253. The molecule has 13 heteroatoms. The molecule has 1 fully saturated rings. The van der Waals surface area contributed by atoms with Crippen LogP contribution in [0.25, 0.3) is 10.3 Å². The van der Waals surface area contributed by atoms with Gasteiger partial charge in [-0.2, -0.15) is 0 Å². The Morgan fingerprint density at radius 3 is 2.29 bits per heavy atom. The van der Waals surface area contributed by atoms with Crippen molar-refractivity contribution in [3.63, 3.8) is 0 Å². The lowest BCUT2D eigenvalue weighted by Crippen LogP contribution is -2.67. The third-order valence-corrected chi connectivity index (χ3v) is 5.41. The van der Waals surface area contributed by atoms with E-state index < -0.39 is 59.4 Å². The summed E-state index contributed by atoms with van der Waals surface area (Å²) < 4.78 is 33.2. The maximum atomic E-state index is 12.0. The summed E-state index contributed by atoms with van der Waals surface area (Å²) in [6.07, 6.45) is -4.82. The minimum Gasteiger partial charge on any atom is -0.463 e. The molecule has 1 amide bonds. The number of nitrogens with one attached hydrogen (secondary N) is 1. The van der Waals surface area contributed by atoms with E-state index in [1.165, 1.54) is 26.0 Å². The lowest BCUT2D eigenvalue weighted by Gasteiger charge is -2.44. The van der Waals surface area contributed by atoms with Crippen LogP contribution < -0.4 is 15.0 Å². The predicted octanol–water partition coefficient (Wildman–Crippen LogP) is 0.889. The SMILES string of the molecule is CC(=O)N[C@@H]1[C@H](Oc2ccc3oc(=O)sc3c2)O[C@H](COC(C)=O)[C@@H](OC(C)=O)[C@@H]1OC(C)=O. The molecule has 3 rings (SSSR count). The summed E-state index contributed by atoms with van der Waals surface area (Å²) in [6, 6.07) is 3.48. The Kier molecular flexibility index (Phi) is 7.89. The van der Waals surface area contributed by atoms with Crippen molar-refractivity contribution in [3.8, 4) is 5.75 Å². The maximum Gasteiger partial charge on any atom is 0.396 e. The van der Waals surface area contributed by atoms with E-state index in [1.807, 2.05) is 0 Å². The molecule has 34 heavy (non-hydrogen) atoms. The number of carbonyl (C=O) groups is 4. The van der Waals surface area contributed by atoms with Gasteiger partial charge >= 0.3 is 22.8 Å². The summed E-state index contributed by atoms with van der Waals surface area (Å²) >= 11 is 0.871. The molecule has 0 unspecified atom stereocenters. The van der Waals surface area contributed by atoms with Crippen molar-refractivity contribution in [2.45, 2.75) is 58.3 Å². The minimum atomic E-state index is -1.26. The molecule has 12 nitrogen and oxygen atoms in total. The maximum absolute atomic E-state index is 12.0. The van der Waals surface area contributed by atoms with Gasteiger partial charge < -0.3 is 33.4 Å². The van der Waals surface area contributed by atoms with Crippen molar-refractivity contribution in [1.29, 1.82) is 0 Å². The monoisotopic (exact) mass is 497 g/mol. The highest BCUT2D eigenvalue weighted by Crippen LogP contribution is 2.30. The molecule has 2 heterocycles. The molecule has 1 aliphatic rings. The van der Waals surface area contributed by atoms with Crippen LogP contribution >= 0.6 is 11.3 Å². The molecule has 0 radical (unpaired) electrons. The molecule has 1 N–H and O–H groups in total. The van der Waals surface area contributed by atoms with Crippen LogP contribution in [0.5, 0.6) is 5.75 Å². The van der Waals surface area contributed by atoms with E-state index in [1.54, 1.807) is 6.07 Å². The molecule has 184 valence electrons. The van der Waals surface area contributed by atoms with Crippen LogP contribution in [-0.4, -0.2) is 61.1 Å². The van der Waals surface area contributed by atoms with E-state index in [-0.39, 0.29) is 12.4 Å². The van der Waals surface area contributed by atoms with Gasteiger partial charge in [0.05, 0.1) is 4.70 Å². The molecular weight excluding hydrogens is 474 g/mol. The van der Waals surface area contributed by atoms with Crippen LogP contribution in [-0.2, 0) is 38.1 Å². The van der Waals surface area contributed by atoms with E-state index in [0.29, 0.717) is 10.3 Å². The highest BCUT2D eigenvalue weighted by atomic mass is 32.1. The fraction of sp³-hybridized carbons (Fsp3) is 0.476. The first kappa shape index (κ1) is 25.2. The summed E-state index contributed by atoms with van der Waals surface area (Å²) in [6.45, 7) is 4.38. The Morgan fingerprint density at radius 2 is 1.68 bits per heavy atom. The summed E-state index contributed by atoms with van der Waals surface area (Å²) in [5.41, 5.74) is 0.366. The quantitative estimate of drug-likeness (QED) is 0.428. The van der Waals surface area contributed by atoms with Crippen LogP contribution in [0.3, 0.4) is 0 Å². The first-order chi connectivity index (χ1) is 16.0. The molecule has 0 saturated carbocycles. The topological polar surface area (TPSA) is 157 Å². The largest absolute Gasteiger partial charge is 0.463 e. The Balaban J connectivity index is 1.99. The van der Waals surface area contributed by atoms with E-state index in [2.05, 4.69) is 5.32 Å². The zero-order valence-electron chi connectivity index (χ0n) is 18.7. The molecular formula is C21H23NO11S. The number of hydrogen-bond acceptors (Lipinski definition) is 12. The van der Waals surface area contributed by atoms with Gasteiger partial charge in [-0.25, -0.2) is 4.79 Å². The molecule has 0 spiro atoms. The number of ether oxygens (including phenoxy) is 5. The summed E-state index contributed by atoms with van der Waals surface area (Å²) in [5, 5.41) is 2.61. The first-order valence-electron chi connectivity index (χ1n) is 10.1. The Labute approximate surface area is 197 Å². The third kappa shape index (κ3) is 6.32. The van der Waals surface area contributed by atoms with Gasteiger partial charge in [0.1, 0.15) is 30.1 Å². The van der Waals surface area contributed by atoms with E-state index in [4.69, 9.17) is 28.1 Å². The fourth-order valence-corrected chi connectivity index (χ4v) is 4.15. The van der Waals surface area contributed by atoms with Crippen LogP contribution in [0.2, 0.25) is 0 Å². The number of amides is 1. The number of fused-ring (bicyclic) bond motifs is 1. The van der Waals surface area contributed by atoms with E-state index >= 15 is 0 Å². The fourth-order valence-electron chi connectivity index (χ4n) is 3.45. The second-order valence-corrected chi connectivity index (χ2v) is 8.38. The summed E-state index contributed by atoms with van der Waals surface area (Å²) in [4.78, 5) is 58.0. The predicted molar refractivity (Wildman–Crippen MR) is 115 cm³/mol. The van der Waals surface area contributed by atoms with Gasteiger partial charge in [0.15, 0.2) is 12.2 Å². The van der Waals surface area contributed by atoms with Gasteiger partial charge in [-0.1, -0.05) is 11.3 Å². The van der Waals surface area contributed by atoms with Crippen molar-refractivity contribution in [3.05, 3.63) is 27.9 Å². The van der Waals surface area contributed by atoms with E-state index in [0.717, 1.165) is 25.2 Å². The Morgan fingerprint density at radius 1 is 1.00 bits per heavy atom. The number of esters is 3. The van der Waals surface area contributed by atoms with Crippen molar-refractivity contribution < 1.29 is 47.3 Å². The second kappa shape index (κ2) is 10.7. The zero-order valence-corrected chi connectivity index (χ0v) is 19.5. The highest BCUT2D eigenvalue weighted by molar-refractivity contribution is 7.16. The van der Waals surface area contributed by atoms with Crippen molar-refractivity contribution in [1.82, 2.24) is 5.32 Å². The van der Waals surface area contributed by atoms with Crippen molar-refractivity contribution in [2.24, 2.45) is 0 Å². The summed E-state index contributed by atoms with van der Waals surface area (Å²) in [5.74, 6) is -2.28. The van der Waals surface area contributed by atoms with Gasteiger partial charge in [-0.3, -0.25) is 19.2 Å². The normalized spacial score (nSPS) is 24.2. The lowest BCUT2D eigenvalue weighted by molar-refractivity contribution is -0.257. The average molecular weight is 497 g/mol. The molecule has 1 aliphatic heterocycles. The van der Waals surface area contributed by atoms with Gasteiger partial charge in [0.25, 0.3) is 0 Å². The zero-order chi connectivity index (χ0) is 25.0. The summed E-state index contributed by atoms with van der Waals surface area (Å²) in [7, 11) is 0. The van der Waals surface area contributed by atoms with Crippen LogP contribution in [0.1, 0.15) is 27.7 Å². The average Bonchev–Trinajstić information content (AvgIpc) is 3.09. The molecule has 1 aromatic heterocycles. The van der Waals surface area contributed by atoms with Gasteiger partial charge in [0, 0.05) is 33.8 Å². The Hall–Kier alpha value is -3.45. The van der Waals surface area contributed by atoms with Crippen LogP contribution in [0.15, 0.2) is 27.4 Å². The molecule has 5 atom stereocenters. The van der Waals surface area contributed by atoms with Crippen LogP contribution in [0, 0.1) is 0 Å².